The van der Waals surface area contributed by atoms with Crippen molar-refractivity contribution in [1.29, 1.82) is 0 Å². The van der Waals surface area contributed by atoms with E-state index in [2.05, 4.69) is 41.1 Å². The number of esters is 1. The Bertz CT molecular complexity index is 1570. The van der Waals surface area contributed by atoms with Gasteiger partial charge in [-0.15, -0.1) is 0 Å². The summed E-state index contributed by atoms with van der Waals surface area (Å²) in [5.74, 6) is 0.333. The standard InChI is InChI=1S/C32H37FN4O3/c1-19(2)29-28(20-6-8-22(33)9-7-20)24-12-21-16-34-36-26(21)13-25(24)30(35-29)39-23-14-32(15-23)10-11-37(18-32)17-27(38)40-31(3,4)5/h6-9,12-13,16,19,23H,10-11,14-15,17-18H2,1-5H3,(H,34,36). The van der Waals surface area contributed by atoms with Crippen LogP contribution in [0.25, 0.3) is 32.8 Å². The number of hydrogen-bond donors (Lipinski definition) is 1. The lowest BCUT2D eigenvalue weighted by molar-refractivity contribution is -0.156. The predicted molar refractivity (Wildman–Crippen MR) is 154 cm³/mol. The molecule has 1 N–H and O–H groups in total. The van der Waals surface area contributed by atoms with Gasteiger partial charge in [0.25, 0.3) is 0 Å². The van der Waals surface area contributed by atoms with Crippen molar-refractivity contribution in [3.63, 3.8) is 0 Å². The van der Waals surface area contributed by atoms with E-state index in [-0.39, 0.29) is 29.2 Å². The van der Waals surface area contributed by atoms with Gasteiger partial charge in [0.1, 0.15) is 17.5 Å². The maximum Gasteiger partial charge on any atom is 0.320 e. The van der Waals surface area contributed by atoms with E-state index in [1.165, 1.54) is 12.1 Å². The molecule has 2 aromatic heterocycles. The second-order valence-corrected chi connectivity index (χ2v) is 12.9. The van der Waals surface area contributed by atoms with Gasteiger partial charge in [0.15, 0.2) is 0 Å². The average Bonchev–Trinajstić information content (AvgIpc) is 3.48. The number of nitrogens with one attached hydrogen (secondary N) is 1. The molecule has 1 saturated heterocycles. The quantitative estimate of drug-likeness (QED) is 0.275. The van der Waals surface area contributed by atoms with Crippen LogP contribution in [-0.2, 0) is 9.53 Å². The Morgan fingerprint density at radius 1 is 1.18 bits per heavy atom. The van der Waals surface area contributed by atoms with Crippen molar-refractivity contribution in [2.45, 2.75) is 71.5 Å². The van der Waals surface area contributed by atoms with Gasteiger partial charge in [-0.1, -0.05) is 26.0 Å². The first-order chi connectivity index (χ1) is 19.0. The number of hydrogen-bond acceptors (Lipinski definition) is 6. The predicted octanol–water partition coefficient (Wildman–Crippen LogP) is 6.62. The van der Waals surface area contributed by atoms with Crippen LogP contribution in [0.4, 0.5) is 4.39 Å². The Morgan fingerprint density at radius 3 is 2.62 bits per heavy atom. The summed E-state index contributed by atoms with van der Waals surface area (Å²) in [7, 11) is 0. The van der Waals surface area contributed by atoms with Crippen molar-refractivity contribution in [3.05, 3.63) is 54.1 Å². The monoisotopic (exact) mass is 544 g/mol. The summed E-state index contributed by atoms with van der Waals surface area (Å²) in [5, 5.41) is 10.2. The number of carbonyl (C=O) groups is 1. The van der Waals surface area contributed by atoms with Gasteiger partial charge in [-0.3, -0.25) is 14.8 Å². The van der Waals surface area contributed by atoms with E-state index in [0.29, 0.717) is 12.4 Å². The fraction of sp³-hybridized carbons (Fsp3) is 0.469. The highest BCUT2D eigenvalue weighted by Gasteiger charge is 2.50. The lowest BCUT2D eigenvalue weighted by atomic mass is 9.66. The lowest BCUT2D eigenvalue weighted by Crippen LogP contribution is -2.46. The topological polar surface area (TPSA) is 80.3 Å². The summed E-state index contributed by atoms with van der Waals surface area (Å²) in [6.45, 7) is 12.1. The van der Waals surface area contributed by atoms with Gasteiger partial charge in [-0.2, -0.15) is 5.10 Å². The van der Waals surface area contributed by atoms with Gasteiger partial charge >= 0.3 is 5.97 Å². The highest BCUT2D eigenvalue weighted by atomic mass is 19.1. The molecule has 3 heterocycles. The molecule has 4 aromatic rings. The number of ether oxygens (including phenoxy) is 2. The number of likely N-dealkylation sites (tertiary alicyclic amines) is 1. The number of aromatic nitrogens is 3. The molecule has 1 saturated carbocycles. The van der Waals surface area contributed by atoms with Crippen LogP contribution in [0.5, 0.6) is 5.88 Å². The van der Waals surface area contributed by atoms with Gasteiger partial charge in [0.05, 0.1) is 24.0 Å². The number of carbonyl (C=O) groups excluding carboxylic acids is 1. The van der Waals surface area contributed by atoms with Gasteiger partial charge < -0.3 is 9.47 Å². The summed E-state index contributed by atoms with van der Waals surface area (Å²) in [4.78, 5) is 19.7. The Balaban J connectivity index is 1.27. The second kappa shape index (κ2) is 9.84. The largest absolute Gasteiger partial charge is 0.474 e. The molecule has 8 heteroatoms. The third-order valence-corrected chi connectivity index (χ3v) is 8.13. The van der Waals surface area contributed by atoms with E-state index >= 15 is 0 Å². The molecule has 1 aliphatic heterocycles. The van der Waals surface area contributed by atoms with Crippen LogP contribution in [0.15, 0.2) is 42.6 Å². The van der Waals surface area contributed by atoms with E-state index in [1.807, 2.05) is 39.1 Å². The molecule has 0 amide bonds. The maximum absolute atomic E-state index is 13.8. The third-order valence-electron chi connectivity index (χ3n) is 8.13. The smallest absolute Gasteiger partial charge is 0.320 e. The molecule has 0 unspecified atom stereocenters. The Labute approximate surface area is 234 Å². The molecule has 40 heavy (non-hydrogen) atoms. The summed E-state index contributed by atoms with van der Waals surface area (Å²) >= 11 is 0. The Kier molecular flexibility index (Phi) is 6.56. The minimum Gasteiger partial charge on any atom is -0.474 e. The molecular weight excluding hydrogens is 507 g/mol. The lowest BCUT2D eigenvalue weighted by Gasteiger charge is -2.44. The number of fused-ring (bicyclic) bond motifs is 2. The molecule has 0 radical (unpaired) electrons. The van der Waals surface area contributed by atoms with Crippen LogP contribution in [0.2, 0.25) is 0 Å². The van der Waals surface area contributed by atoms with E-state index in [4.69, 9.17) is 14.5 Å². The number of aromatic amines is 1. The number of pyridine rings is 1. The summed E-state index contributed by atoms with van der Waals surface area (Å²) < 4.78 is 26.0. The molecular formula is C32H37FN4O3. The van der Waals surface area contributed by atoms with Crippen molar-refractivity contribution >= 4 is 27.6 Å². The molecule has 1 aliphatic carbocycles. The van der Waals surface area contributed by atoms with Crippen molar-refractivity contribution in [2.75, 3.05) is 19.6 Å². The van der Waals surface area contributed by atoms with Crippen molar-refractivity contribution in [2.24, 2.45) is 5.41 Å². The minimum absolute atomic E-state index is 0.0614. The van der Waals surface area contributed by atoms with Crippen molar-refractivity contribution in [3.8, 4) is 17.0 Å². The molecule has 7 nitrogen and oxygen atoms in total. The van der Waals surface area contributed by atoms with Crippen LogP contribution in [0, 0.1) is 11.2 Å². The maximum atomic E-state index is 13.8. The first kappa shape index (κ1) is 26.7. The van der Waals surface area contributed by atoms with E-state index in [0.717, 1.165) is 70.8 Å². The minimum atomic E-state index is -0.470. The molecule has 6 rings (SSSR count). The van der Waals surface area contributed by atoms with Crippen LogP contribution >= 0.6 is 0 Å². The summed E-state index contributed by atoms with van der Waals surface area (Å²) in [5.41, 5.74) is 3.47. The molecule has 1 spiro atoms. The molecule has 2 aliphatic rings. The van der Waals surface area contributed by atoms with E-state index in [1.54, 1.807) is 0 Å². The van der Waals surface area contributed by atoms with Crippen LogP contribution < -0.4 is 4.74 Å². The molecule has 0 bridgehead atoms. The highest BCUT2D eigenvalue weighted by molar-refractivity contribution is 6.06. The second-order valence-electron chi connectivity index (χ2n) is 12.9. The van der Waals surface area contributed by atoms with Gasteiger partial charge in [0, 0.05) is 22.9 Å². The molecule has 210 valence electrons. The Morgan fingerprint density at radius 2 is 1.93 bits per heavy atom. The Hall–Kier alpha value is -3.52. The van der Waals surface area contributed by atoms with Gasteiger partial charge in [-0.05, 0) is 93.1 Å². The van der Waals surface area contributed by atoms with Crippen LogP contribution in [0.1, 0.15) is 65.5 Å². The fourth-order valence-electron chi connectivity index (χ4n) is 6.37. The van der Waals surface area contributed by atoms with E-state index < -0.39 is 5.60 Å². The SMILES string of the molecule is CC(C)c1nc(OC2CC3(CCN(CC(=O)OC(C)(C)C)C3)C2)c2cc3[nH]ncc3cc2c1-c1ccc(F)cc1. The highest BCUT2D eigenvalue weighted by Crippen LogP contribution is 2.50. The number of H-pyrrole nitrogens is 1. The zero-order valence-corrected chi connectivity index (χ0v) is 23.9. The third kappa shape index (κ3) is 5.17. The number of rotatable bonds is 6. The van der Waals surface area contributed by atoms with E-state index in [9.17, 15) is 9.18 Å². The van der Waals surface area contributed by atoms with Crippen molar-refractivity contribution < 1.29 is 18.7 Å². The number of halogens is 1. The van der Waals surface area contributed by atoms with Crippen LogP contribution in [-0.4, -0.2) is 57.4 Å². The number of nitrogens with zero attached hydrogens (tertiary/aromatic N) is 3. The summed E-state index contributed by atoms with van der Waals surface area (Å²) in [6, 6.07) is 10.8. The first-order valence-electron chi connectivity index (χ1n) is 14.2. The molecule has 2 fully saturated rings. The molecule has 0 atom stereocenters. The molecule has 2 aromatic carbocycles. The average molecular weight is 545 g/mol. The number of benzene rings is 2. The zero-order chi connectivity index (χ0) is 28.2. The summed E-state index contributed by atoms with van der Waals surface area (Å²) in [6.07, 6.45) is 4.80. The zero-order valence-electron chi connectivity index (χ0n) is 23.9. The van der Waals surface area contributed by atoms with Gasteiger partial charge in [0.2, 0.25) is 5.88 Å². The normalized spacial score (nSPS) is 21.4. The fourth-order valence-corrected chi connectivity index (χ4v) is 6.37. The van der Waals surface area contributed by atoms with Crippen LogP contribution in [0.3, 0.4) is 0 Å². The van der Waals surface area contributed by atoms with Crippen molar-refractivity contribution in [1.82, 2.24) is 20.1 Å². The van der Waals surface area contributed by atoms with Gasteiger partial charge in [-0.25, -0.2) is 9.37 Å². The first-order valence-corrected chi connectivity index (χ1v) is 14.2.